The van der Waals surface area contributed by atoms with Gasteiger partial charge in [-0.1, -0.05) is 12.1 Å². The normalized spacial score (nSPS) is 33.3. The van der Waals surface area contributed by atoms with Gasteiger partial charge in [-0.2, -0.15) is 0 Å². The first-order valence-corrected chi connectivity index (χ1v) is 10.1. The molecule has 0 saturated heterocycles. The Labute approximate surface area is 157 Å². The van der Waals surface area contributed by atoms with Crippen molar-refractivity contribution in [3.05, 3.63) is 29.8 Å². The second kappa shape index (κ2) is 6.88. The van der Waals surface area contributed by atoms with E-state index in [1.165, 1.54) is 44.1 Å². The SMILES string of the molecule is COc1cccc(CN(C)C(C)C(=O)NC23CC4CC(CC(C4)C2)C3)c1. The Morgan fingerprint density at radius 2 is 1.85 bits per heavy atom. The number of likely N-dealkylation sites (N-methyl/N-ethyl adjacent to an activating group) is 1. The van der Waals surface area contributed by atoms with Gasteiger partial charge in [-0.25, -0.2) is 0 Å². The van der Waals surface area contributed by atoms with Gasteiger partial charge in [-0.15, -0.1) is 0 Å². The quantitative estimate of drug-likeness (QED) is 0.847. The van der Waals surface area contributed by atoms with Crippen LogP contribution in [0.25, 0.3) is 0 Å². The molecular formula is C22H32N2O2. The monoisotopic (exact) mass is 356 g/mol. The van der Waals surface area contributed by atoms with Crippen LogP contribution in [0.3, 0.4) is 0 Å². The fourth-order valence-electron chi connectivity index (χ4n) is 6.03. The number of benzene rings is 1. The number of rotatable bonds is 6. The van der Waals surface area contributed by atoms with Crippen molar-refractivity contribution < 1.29 is 9.53 Å². The van der Waals surface area contributed by atoms with E-state index in [1.807, 2.05) is 32.2 Å². The van der Waals surface area contributed by atoms with Crippen molar-refractivity contribution in [2.75, 3.05) is 14.2 Å². The van der Waals surface area contributed by atoms with Gasteiger partial charge >= 0.3 is 0 Å². The lowest BCUT2D eigenvalue weighted by molar-refractivity contribution is -0.131. The molecule has 5 rings (SSSR count). The lowest BCUT2D eigenvalue weighted by atomic mass is 9.53. The molecule has 0 aliphatic heterocycles. The van der Waals surface area contributed by atoms with Gasteiger partial charge in [-0.05, 0) is 87.9 Å². The predicted octanol–water partition coefficient (Wildman–Crippen LogP) is 3.60. The van der Waals surface area contributed by atoms with Crippen LogP contribution in [-0.2, 0) is 11.3 Å². The third kappa shape index (κ3) is 3.48. The number of methoxy groups -OCH3 is 1. The molecular weight excluding hydrogens is 324 g/mol. The van der Waals surface area contributed by atoms with Gasteiger partial charge in [0.15, 0.2) is 0 Å². The molecule has 1 aromatic rings. The maximum atomic E-state index is 13.0. The van der Waals surface area contributed by atoms with Crippen molar-refractivity contribution >= 4 is 5.91 Å². The fourth-order valence-corrected chi connectivity index (χ4v) is 6.03. The van der Waals surface area contributed by atoms with Crippen LogP contribution in [0.5, 0.6) is 5.75 Å². The summed E-state index contributed by atoms with van der Waals surface area (Å²) in [4.78, 5) is 15.1. The molecule has 0 spiro atoms. The molecule has 26 heavy (non-hydrogen) atoms. The molecule has 0 heterocycles. The maximum Gasteiger partial charge on any atom is 0.237 e. The summed E-state index contributed by atoms with van der Waals surface area (Å²) in [5.41, 5.74) is 1.26. The van der Waals surface area contributed by atoms with Gasteiger partial charge in [0.2, 0.25) is 5.91 Å². The number of nitrogens with one attached hydrogen (secondary N) is 1. The highest BCUT2D eigenvalue weighted by Crippen LogP contribution is 2.55. The van der Waals surface area contributed by atoms with Gasteiger partial charge in [0, 0.05) is 12.1 Å². The van der Waals surface area contributed by atoms with Crippen LogP contribution in [-0.4, -0.2) is 36.5 Å². The Balaban J connectivity index is 1.38. The third-order valence-corrected chi connectivity index (χ3v) is 7.03. The minimum Gasteiger partial charge on any atom is -0.497 e. The maximum absolute atomic E-state index is 13.0. The second-order valence-corrected chi connectivity index (χ2v) is 9.13. The molecule has 1 amide bonds. The van der Waals surface area contributed by atoms with E-state index < -0.39 is 0 Å². The summed E-state index contributed by atoms with van der Waals surface area (Å²) < 4.78 is 5.31. The van der Waals surface area contributed by atoms with E-state index >= 15 is 0 Å². The first-order chi connectivity index (χ1) is 12.5. The van der Waals surface area contributed by atoms with E-state index in [1.54, 1.807) is 7.11 Å². The van der Waals surface area contributed by atoms with Crippen molar-refractivity contribution in [2.24, 2.45) is 17.8 Å². The number of hydrogen-bond donors (Lipinski definition) is 1. The van der Waals surface area contributed by atoms with Crippen molar-refractivity contribution in [3.8, 4) is 5.75 Å². The van der Waals surface area contributed by atoms with Crippen LogP contribution < -0.4 is 10.1 Å². The Hall–Kier alpha value is -1.55. The molecule has 1 atom stereocenters. The minimum absolute atomic E-state index is 0.0941. The fraction of sp³-hybridized carbons (Fsp3) is 0.682. The van der Waals surface area contributed by atoms with Crippen molar-refractivity contribution in [1.82, 2.24) is 10.2 Å². The lowest BCUT2D eigenvalue weighted by Crippen LogP contribution is -2.62. The number of carbonyl (C=O) groups is 1. The average molecular weight is 357 g/mol. The number of hydrogen-bond acceptors (Lipinski definition) is 3. The molecule has 0 radical (unpaired) electrons. The van der Waals surface area contributed by atoms with Crippen LogP contribution in [0, 0.1) is 17.8 Å². The average Bonchev–Trinajstić information content (AvgIpc) is 2.59. The Kier molecular flexibility index (Phi) is 4.72. The Morgan fingerprint density at radius 3 is 2.42 bits per heavy atom. The van der Waals surface area contributed by atoms with Crippen molar-refractivity contribution in [2.45, 2.75) is 63.6 Å². The van der Waals surface area contributed by atoms with Crippen LogP contribution in [0.2, 0.25) is 0 Å². The molecule has 1 unspecified atom stereocenters. The van der Waals surface area contributed by atoms with E-state index in [0.29, 0.717) is 0 Å². The van der Waals surface area contributed by atoms with Crippen LogP contribution >= 0.6 is 0 Å². The molecule has 142 valence electrons. The molecule has 1 N–H and O–H groups in total. The van der Waals surface area contributed by atoms with E-state index in [0.717, 1.165) is 30.0 Å². The van der Waals surface area contributed by atoms with Gasteiger partial charge in [0.05, 0.1) is 13.2 Å². The summed E-state index contributed by atoms with van der Waals surface area (Å²) in [5, 5.41) is 3.51. The molecule has 4 heteroatoms. The highest BCUT2D eigenvalue weighted by Gasteiger charge is 2.51. The van der Waals surface area contributed by atoms with Gasteiger partial charge in [-0.3, -0.25) is 9.69 Å². The van der Waals surface area contributed by atoms with E-state index in [-0.39, 0.29) is 17.5 Å². The molecule has 4 fully saturated rings. The summed E-state index contributed by atoms with van der Waals surface area (Å²) >= 11 is 0. The first-order valence-electron chi connectivity index (χ1n) is 10.1. The molecule has 4 aliphatic rings. The van der Waals surface area contributed by atoms with Crippen LogP contribution in [0.15, 0.2) is 24.3 Å². The zero-order valence-corrected chi connectivity index (χ0v) is 16.3. The van der Waals surface area contributed by atoms with Crippen LogP contribution in [0.1, 0.15) is 51.0 Å². The summed E-state index contributed by atoms with van der Waals surface area (Å²) in [6.45, 7) is 2.77. The summed E-state index contributed by atoms with van der Waals surface area (Å²) in [6.07, 6.45) is 7.83. The minimum atomic E-state index is -0.130. The summed E-state index contributed by atoms with van der Waals surface area (Å²) in [7, 11) is 3.72. The van der Waals surface area contributed by atoms with E-state index in [2.05, 4.69) is 16.3 Å². The molecule has 4 saturated carbocycles. The van der Waals surface area contributed by atoms with Gasteiger partial charge < -0.3 is 10.1 Å². The van der Waals surface area contributed by atoms with Crippen molar-refractivity contribution in [3.63, 3.8) is 0 Å². The Morgan fingerprint density at radius 1 is 1.23 bits per heavy atom. The Bertz CT molecular complexity index is 637. The van der Waals surface area contributed by atoms with Gasteiger partial charge in [0.1, 0.15) is 5.75 Å². The molecule has 4 nitrogen and oxygen atoms in total. The largest absolute Gasteiger partial charge is 0.497 e. The summed E-state index contributed by atoms with van der Waals surface area (Å²) in [6, 6.07) is 7.95. The van der Waals surface area contributed by atoms with E-state index in [9.17, 15) is 4.79 Å². The standard InChI is InChI=1S/C22H32N2O2/c1-15(24(2)14-16-5-4-6-20(10-16)26-3)21(25)23-22-11-17-7-18(12-22)9-19(8-17)13-22/h4-6,10,15,17-19H,7-9,11-14H2,1-3H3,(H,23,25). The van der Waals surface area contributed by atoms with E-state index in [4.69, 9.17) is 4.74 Å². The number of nitrogens with zero attached hydrogens (tertiary/aromatic N) is 1. The molecule has 4 bridgehead atoms. The third-order valence-electron chi connectivity index (χ3n) is 7.03. The highest BCUT2D eigenvalue weighted by molar-refractivity contribution is 5.82. The van der Waals surface area contributed by atoms with Crippen LogP contribution in [0.4, 0.5) is 0 Å². The zero-order chi connectivity index (χ0) is 18.3. The highest BCUT2D eigenvalue weighted by atomic mass is 16.5. The number of amides is 1. The predicted molar refractivity (Wildman–Crippen MR) is 103 cm³/mol. The molecule has 0 aromatic heterocycles. The number of carbonyl (C=O) groups excluding carboxylic acids is 1. The topological polar surface area (TPSA) is 41.6 Å². The first kappa shape index (κ1) is 17.8. The number of ether oxygens (including phenoxy) is 1. The summed E-state index contributed by atoms with van der Waals surface area (Å²) in [5.74, 6) is 3.61. The lowest BCUT2D eigenvalue weighted by Gasteiger charge is -2.57. The smallest absolute Gasteiger partial charge is 0.237 e. The molecule has 1 aromatic carbocycles. The van der Waals surface area contributed by atoms with Gasteiger partial charge in [0.25, 0.3) is 0 Å². The molecule has 4 aliphatic carbocycles. The second-order valence-electron chi connectivity index (χ2n) is 9.13. The van der Waals surface area contributed by atoms with Crippen molar-refractivity contribution in [1.29, 1.82) is 0 Å². The zero-order valence-electron chi connectivity index (χ0n) is 16.3.